The zero-order chi connectivity index (χ0) is 34.0. The molecule has 22 nitrogen and oxygen atoms in total. The van der Waals surface area contributed by atoms with Gasteiger partial charge in [-0.1, -0.05) is 0 Å². The highest BCUT2D eigenvalue weighted by Crippen LogP contribution is 2.66. The molecule has 13 atom stereocenters. The molecular formula is C15H28B3O22P5. The van der Waals surface area contributed by atoms with Crippen molar-refractivity contribution in [3.8, 4) is 0 Å². The summed E-state index contributed by atoms with van der Waals surface area (Å²) < 4.78 is 106. The van der Waals surface area contributed by atoms with Crippen LogP contribution in [0.2, 0.25) is 0 Å². The van der Waals surface area contributed by atoms with Gasteiger partial charge in [0.25, 0.3) is 0 Å². The van der Waals surface area contributed by atoms with E-state index >= 15 is 0 Å². The van der Waals surface area contributed by atoms with E-state index < -0.39 is 114 Å². The minimum atomic E-state index is -5.81. The lowest BCUT2D eigenvalue weighted by molar-refractivity contribution is -0.0318. The maximum atomic E-state index is 12.7. The van der Waals surface area contributed by atoms with Gasteiger partial charge in [-0.05, 0) is 19.3 Å². The number of phosphoric ester groups is 3. The molecular weight excluding hydrogens is 719 g/mol. The summed E-state index contributed by atoms with van der Waals surface area (Å²) in [5, 5.41) is 9.83. The van der Waals surface area contributed by atoms with E-state index in [1.807, 2.05) is 0 Å². The highest BCUT2D eigenvalue weighted by molar-refractivity contribution is 7.66. The number of aliphatic hydroxyl groups excluding tert-OH is 1. The second-order valence-corrected chi connectivity index (χ2v) is 16.8. The Kier molecular flexibility index (Phi) is 14.0. The molecule has 3 aliphatic heterocycles. The van der Waals surface area contributed by atoms with Gasteiger partial charge in [0.2, 0.25) is 0 Å². The van der Waals surface area contributed by atoms with Gasteiger partial charge < -0.3 is 48.7 Å². The third kappa shape index (κ3) is 13.8. The fourth-order valence-corrected chi connectivity index (χ4v) is 9.08. The molecule has 3 fully saturated rings. The Hall–Kier alpha value is 0.665. The lowest BCUT2D eigenvalue weighted by atomic mass is 9.96. The summed E-state index contributed by atoms with van der Waals surface area (Å²) in [5.41, 5.74) is 0. The maximum absolute atomic E-state index is 12.7. The van der Waals surface area contributed by atoms with E-state index in [0.717, 1.165) is 0 Å². The van der Waals surface area contributed by atoms with Crippen LogP contribution in [0.5, 0.6) is 0 Å². The summed E-state index contributed by atoms with van der Waals surface area (Å²) in [4.78, 5) is 56.3. The first-order valence-electron chi connectivity index (χ1n) is 12.4. The molecule has 0 aromatic carbocycles. The molecule has 6 radical (unpaired) electrons. The Morgan fingerprint density at radius 2 is 0.933 bits per heavy atom. The molecule has 7 N–H and O–H groups in total. The van der Waals surface area contributed by atoms with Crippen molar-refractivity contribution in [2.24, 2.45) is 0 Å². The first kappa shape index (κ1) is 40.1. The van der Waals surface area contributed by atoms with Crippen molar-refractivity contribution < 1.29 is 103 Å². The van der Waals surface area contributed by atoms with Gasteiger partial charge in [0.05, 0.1) is 38.1 Å². The fourth-order valence-electron chi connectivity index (χ4n) is 4.13. The molecule has 3 heterocycles. The SMILES string of the molecule is [B][C@H]1CC(O)[C@@H](COP(=O)(O)OC2C[C@H]([B])O[C@@H]2COP(=O)(O)OC2C[C@H]([B])O[C@@H]2COP(=O)(O)OP(=O)(O)OP(=O)(O)O)O1. The Morgan fingerprint density at radius 3 is 1.33 bits per heavy atom. The third-order valence-corrected chi connectivity index (χ3v) is 11.7. The lowest BCUT2D eigenvalue weighted by Crippen LogP contribution is -2.31. The first-order valence-corrected chi connectivity index (χ1v) is 20.0. The molecule has 0 aromatic heterocycles. The van der Waals surface area contributed by atoms with Crippen molar-refractivity contribution >= 4 is 62.7 Å². The van der Waals surface area contributed by atoms with Gasteiger partial charge in [0, 0.05) is 18.0 Å². The Labute approximate surface area is 259 Å². The number of phosphoric acid groups is 5. The van der Waals surface area contributed by atoms with Crippen LogP contribution in [0.1, 0.15) is 19.3 Å². The summed E-state index contributed by atoms with van der Waals surface area (Å²) in [7, 11) is -10.0. The van der Waals surface area contributed by atoms with Gasteiger partial charge >= 0.3 is 39.1 Å². The van der Waals surface area contributed by atoms with E-state index in [9.17, 15) is 47.5 Å². The number of ether oxygens (including phenoxy) is 3. The third-order valence-electron chi connectivity index (χ3n) is 5.87. The predicted molar refractivity (Wildman–Crippen MR) is 144 cm³/mol. The van der Waals surface area contributed by atoms with Crippen molar-refractivity contribution in [2.75, 3.05) is 19.8 Å². The van der Waals surface area contributed by atoms with Crippen molar-refractivity contribution in [2.45, 2.75) is 73.9 Å². The van der Waals surface area contributed by atoms with Crippen LogP contribution < -0.4 is 0 Å². The molecule has 0 spiro atoms. The van der Waals surface area contributed by atoms with Crippen molar-refractivity contribution in [3.63, 3.8) is 0 Å². The molecule has 0 aromatic rings. The fraction of sp³-hybridized carbons (Fsp3) is 1.00. The summed E-state index contributed by atoms with van der Waals surface area (Å²) >= 11 is 0. The van der Waals surface area contributed by atoms with Crippen molar-refractivity contribution in [3.05, 3.63) is 0 Å². The van der Waals surface area contributed by atoms with Gasteiger partial charge in [0.1, 0.15) is 41.9 Å². The largest absolute Gasteiger partial charge is 0.490 e. The van der Waals surface area contributed by atoms with Crippen LogP contribution in [0, 0.1) is 0 Å². The Balaban J connectivity index is 1.52. The topological polar surface area (TPSA) is 319 Å². The van der Waals surface area contributed by atoms with Crippen molar-refractivity contribution in [1.29, 1.82) is 0 Å². The molecule has 0 amide bonds. The van der Waals surface area contributed by atoms with Crippen LogP contribution in [0.15, 0.2) is 0 Å². The predicted octanol–water partition coefficient (Wildman–Crippen LogP) is -1.45. The standard InChI is InChI=1S/C15H28B3O22P5/c16-13-1-7(19)10(34-13)4-31-42(23,24)37-8-2-14(17)35-11(8)5-32-43(25,26)38-9-3-15(18)36-12(9)6-33-44(27,28)40-45(29,30)39-41(20,21)22/h7-15,19H,1-6H2,(H,23,24)(H,25,26)(H,27,28)(H,29,30)(H2,20,21,22)/t7?,8?,9?,10-,11-,12-,13-,14-,15-/m1/s1. The summed E-state index contributed by atoms with van der Waals surface area (Å²) in [6.45, 7) is -2.39. The Morgan fingerprint density at radius 1 is 0.556 bits per heavy atom. The maximum Gasteiger partial charge on any atom is 0.490 e. The molecule has 3 aliphatic rings. The summed E-state index contributed by atoms with van der Waals surface area (Å²) in [6, 6.07) is -3.03. The molecule has 45 heavy (non-hydrogen) atoms. The van der Waals surface area contributed by atoms with Crippen LogP contribution in [0.3, 0.4) is 0 Å². The number of hydrogen-bond acceptors (Lipinski definition) is 16. The smallest absolute Gasteiger partial charge is 0.390 e. The second kappa shape index (κ2) is 15.7. The highest BCUT2D eigenvalue weighted by atomic mass is 31.3. The van der Waals surface area contributed by atoms with Gasteiger partial charge in [-0.25, -0.2) is 22.8 Å². The monoisotopic (exact) mass is 748 g/mol. The van der Waals surface area contributed by atoms with Crippen LogP contribution >= 0.6 is 39.1 Å². The molecule has 7 unspecified atom stereocenters. The van der Waals surface area contributed by atoms with E-state index in [1.165, 1.54) is 0 Å². The van der Waals surface area contributed by atoms with Crippen LogP contribution in [0.4, 0.5) is 0 Å². The zero-order valence-electron chi connectivity index (χ0n) is 22.7. The summed E-state index contributed by atoms with van der Waals surface area (Å²) in [6.07, 6.45) is -8.06. The minimum absolute atomic E-state index is 0.0755. The zero-order valence-corrected chi connectivity index (χ0v) is 27.1. The molecule has 0 saturated carbocycles. The van der Waals surface area contributed by atoms with E-state index in [2.05, 4.69) is 13.1 Å². The molecule has 0 aliphatic carbocycles. The average molecular weight is 748 g/mol. The number of hydrogen-bond donors (Lipinski definition) is 7. The molecule has 3 rings (SSSR count). The van der Waals surface area contributed by atoms with Crippen molar-refractivity contribution in [1.82, 2.24) is 0 Å². The van der Waals surface area contributed by atoms with E-state index in [1.54, 1.807) is 0 Å². The van der Waals surface area contributed by atoms with Gasteiger partial charge in [-0.15, -0.1) is 0 Å². The number of aliphatic hydroxyl groups is 1. The van der Waals surface area contributed by atoms with E-state index in [4.69, 9.17) is 65.6 Å². The second-order valence-electron chi connectivity index (χ2n) is 9.62. The van der Waals surface area contributed by atoms with Gasteiger partial charge in [-0.2, -0.15) is 8.62 Å². The van der Waals surface area contributed by atoms with E-state index in [0.29, 0.717) is 0 Å². The quantitative estimate of drug-likeness (QED) is 0.0660. The Bertz CT molecular complexity index is 1250. The van der Waals surface area contributed by atoms with Crippen LogP contribution in [0.25, 0.3) is 0 Å². The first-order chi connectivity index (χ1) is 20.4. The molecule has 0 bridgehead atoms. The molecule has 254 valence electrons. The summed E-state index contributed by atoms with van der Waals surface area (Å²) in [5.74, 6) is 0. The van der Waals surface area contributed by atoms with Gasteiger partial charge in [-0.3, -0.25) is 22.6 Å². The lowest BCUT2D eigenvalue weighted by Gasteiger charge is -2.25. The van der Waals surface area contributed by atoms with Gasteiger partial charge in [0.15, 0.2) is 0 Å². The van der Waals surface area contributed by atoms with Crippen LogP contribution in [-0.4, -0.2) is 132 Å². The highest BCUT2D eigenvalue weighted by Gasteiger charge is 2.45. The molecule has 3 saturated heterocycles. The minimum Gasteiger partial charge on any atom is -0.390 e. The van der Waals surface area contributed by atoms with Crippen LogP contribution in [-0.2, 0) is 68.3 Å². The normalized spacial score (nSPS) is 37.9. The number of rotatable bonds is 17. The average Bonchev–Trinajstić information content (AvgIpc) is 3.47. The van der Waals surface area contributed by atoms with E-state index in [-0.39, 0.29) is 19.3 Å². The molecule has 30 heteroatoms.